The molecule has 0 aliphatic heterocycles. The normalized spacial score (nSPS) is 9.79. The molecule has 0 radical (unpaired) electrons. The monoisotopic (exact) mass is 425 g/mol. The maximum Gasteiger partial charge on any atom is 0.488 e. The van der Waals surface area contributed by atoms with E-state index < -0.39 is 7.12 Å². The molecule has 4 aromatic rings. The van der Waals surface area contributed by atoms with Crippen molar-refractivity contribution >= 4 is 47.4 Å². The van der Waals surface area contributed by atoms with E-state index in [-0.39, 0.29) is 5.48 Å². The molecule has 0 amide bonds. The Labute approximate surface area is 179 Å². The Morgan fingerprint density at radius 3 is 1.41 bits per heavy atom. The first kappa shape index (κ1) is 23.0. The molecule has 0 saturated heterocycles. The van der Waals surface area contributed by atoms with E-state index in [9.17, 15) is 0 Å². The van der Waals surface area contributed by atoms with Gasteiger partial charge < -0.3 is 15.5 Å². The average Bonchev–Trinajstić information content (AvgIpc) is 3.43. The fraction of sp³-hybridized carbons (Fsp3) is 0.100. The lowest BCUT2D eigenvalue weighted by Gasteiger charge is -2.02. The second kappa shape index (κ2) is 11.0. The van der Waals surface area contributed by atoms with Crippen LogP contribution in [0.3, 0.4) is 0 Å². The standard InChI is InChI=1S/C11H12BNS.C9H8BNO2S.H2O/c1-12(2)10-5-3-9(4-6-10)11-13-7-8-14-11;12-10(13)8-3-1-7(2-4-8)9-11-5-6-14-9;/h3-8H,1-2H3;1-6,12-13H;1H2/p+1. The van der Waals surface area contributed by atoms with Crippen molar-refractivity contribution in [2.24, 2.45) is 0 Å². The van der Waals surface area contributed by atoms with Crippen LogP contribution >= 0.6 is 22.7 Å². The van der Waals surface area contributed by atoms with E-state index in [1.54, 1.807) is 41.0 Å². The first-order valence-electron chi connectivity index (χ1n) is 8.90. The summed E-state index contributed by atoms with van der Waals surface area (Å²) in [5, 5.41) is 23.7. The van der Waals surface area contributed by atoms with Crippen molar-refractivity contribution in [1.82, 2.24) is 9.97 Å². The molecule has 0 atom stereocenters. The molecule has 0 aliphatic carbocycles. The summed E-state index contributed by atoms with van der Waals surface area (Å²) in [6.07, 6.45) is 3.59. The Morgan fingerprint density at radius 1 is 0.690 bits per heavy atom. The zero-order valence-corrected chi connectivity index (χ0v) is 17.9. The van der Waals surface area contributed by atoms with E-state index in [2.05, 4.69) is 47.9 Å². The summed E-state index contributed by atoms with van der Waals surface area (Å²) >= 11 is 3.23. The van der Waals surface area contributed by atoms with Gasteiger partial charge in [-0.25, -0.2) is 9.97 Å². The highest BCUT2D eigenvalue weighted by Gasteiger charge is 2.10. The van der Waals surface area contributed by atoms with Crippen molar-refractivity contribution in [2.45, 2.75) is 13.6 Å². The number of hydrogen-bond donors (Lipinski definition) is 2. The van der Waals surface area contributed by atoms with Crippen molar-refractivity contribution in [3.05, 3.63) is 71.7 Å². The quantitative estimate of drug-likeness (QED) is 0.387. The number of rotatable bonds is 4. The van der Waals surface area contributed by atoms with Gasteiger partial charge in [0.05, 0.1) is 0 Å². The third-order valence-corrected chi connectivity index (χ3v) is 5.79. The van der Waals surface area contributed by atoms with Crippen molar-refractivity contribution in [2.75, 3.05) is 0 Å². The van der Waals surface area contributed by atoms with Crippen LogP contribution in [0.2, 0.25) is 13.6 Å². The van der Waals surface area contributed by atoms with Crippen LogP contribution in [0, 0.1) is 0 Å². The van der Waals surface area contributed by atoms with Crippen LogP contribution in [0.5, 0.6) is 0 Å². The Bertz CT molecular complexity index is 878. The minimum Gasteiger partial charge on any atom is -0.457 e. The molecule has 29 heavy (non-hydrogen) atoms. The highest BCUT2D eigenvalue weighted by atomic mass is 32.1. The Balaban J connectivity index is 0.000000200. The molecule has 0 aliphatic rings. The van der Waals surface area contributed by atoms with Gasteiger partial charge in [0.1, 0.15) is 10.0 Å². The SMILES string of the molecule is CB(C)c1ccc(-c2nccs2)cc1.OB(O)c1ccc(-c2nccs2)cc1.[OH3+]. The van der Waals surface area contributed by atoms with Crippen LogP contribution in [0.4, 0.5) is 0 Å². The van der Waals surface area contributed by atoms with Crippen molar-refractivity contribution in [3.63, 3.8) is 0 Å². The highest BCUT2D eigenvalue weighted by molar-refractivity contribution is 7.13. The van der Waals surface area contributed by atoms with Crippen LogP contribution in [0.25, 0.3) is 21.1 Å². The molecule has 9 heteroatoms. The molecule has 0 saturated carbocycles. The van der Waals surface area contributed by atoms with Gasteiger partial charge in [-0.05, 0) is 5.46 Å². The van der Waals surface area contributed by atoms with Gasteiger partial charge in [-0.1, -0.05) is 67.6 Å². The van der Waals surface area contributed by atoms with E-state index in [0.29, 0.717) is 12.2 Å². The second-order valence-electron chi connectivity index (χ2n) is 6.45. The molecule has 5 nitrogen and oxygen atoms in total. The van der Waals surface area contributed by atoms with E-state index >= 15 is 0 Å². The molecule has 2 aromatic heterocycles. The van der Waals surface area contributed by atoms with Crippen LogP contribution in [0.15, 0.2) is 71.7 Å². The predicted octanol–water partition coefficient (Wildman–Crippen LogP) is 2.34. The van der Waals surface area contributed by atoms with Gasteiger partial charge in [0, 0.05) is 34.3 Å². The topological polar surface area (TPSA) is 99.2 Å². The van der Waals surface area contributed by atoms with Gasteiger partial charge in [0.15, 0.2) is 6.71 Å². The van der Waals surface area contributed by atoms with Crippen LogP contribution in [-0.2, 0) is 5.48 Å². The van der Waals surface area contributed by atoms with Gasteiger partial charge in [0.25, 0.3) is 0 Å². The summed E-state index contributed by atoms with van der Waals surface area (Å²) in [5.41, 5.74) is 4.07. The Hall–Kier alpha value is -2.29. The molecule has 2 heterocycles. The number of benzene rings is 2. The maximum atomic E-state index is 8.89. The van der Waals surface area contributed by atoms with E-state index in [4.69, 9.17) is 10.0 Å². The second-order valence-corrected chi connectivity index (χ2v) is 8.24. The van der Waals surface area contributed by atoms with Crippen LogP contribution < -0.4 is 10.9 Å². The van der Waals surface area contributed by atoms with Crippen molar-refractivity contribution in [3.8, 4) is 21.1 Å². The number of aromatic nitrogens is 2. The summed E-state index contributed by atoms with van der Waals surface area (Å²) < 4.78 is 0. The van der Waals surface area contributed by atoms with Gasteiger partial charge in [-0.2, -0.15) is 0 Å². The van der Waals surface area contributed by atoms with E-state index in [1.165, 1.54) is 11.0 Å². The first-order chi connectivity index (χ1) is 13.5. The summed E-state index contributed by atoms with van der Waals surface area (Å²) in [6, 6.07) is 15.7. The van der Waals surface area contributed by atoms with Gasteiger partial charge >= 0.3 is 7.12 Å². The van der Waals surface area contributed by atoms with Gasteiger partial charge in [0.2, 0.25) is 0 Å². The number of thiazole rings is 2. The van der Waals surface area contributed by atoms with Crippen LogP contribution in [-0.4, -0.2) is 33.8 Å². The molecule has 2 aromatic carbocycles. The number of hydrogen-bond acceptors (Lipinski definition) is 6. The lowest BCUT2D eigenvalue weighted by molar-refractivity contribution is 0.426. The average molecular weight is 425 g/mol. The largest absolute Gasteiger partial charge is 0.488 e. The lowest BCUT2D eigenvalue weighted by atomic mass is 9.49. The fourth-order valence-corrected chi connectivity index (χ4v) is 3.83. The molecule has 0 spiro atoms. The summed E-state index contributed by atoms with van der Waals surface area (Å²) in [6.45, 7) is 5.01. The smallest absolute Gasteiger partial charge is 0.457 e. The third-order valence-electron chi connectivity index (χ3n) is 4.14. The van der Waals surface area contributed by atoms with Crippen molar-refractivity contribution < 1.29 is 15.5 Å². The molecule has 0 unspecified atom stereocenters. The minimum absolute atomic E-state index is 0. The zero-order valence-electron chi connectivity index (χ0n) is 16.3. The predicted molar refractivity (Wildman–Crippen MR) is 127 cm³/mol. The maximum absolute atomic E-state index is 8.89. The summed E-state index contributed by atoms with van der Waals surface area (Å²) in [7, 11) is -1.40. The molecule has 4 rings (SSSR count). The number of nitrogens with zero attached hydrogens (tertiary/aromatic N) is 2. The zero-order chi connectivity index (χ0) is 19.9. The van der Waals surface area contributed by atoms with Gasteiger partial charge in [-0.3, -0.25) is 0 Å². The summed E-state index contributed by atoms with van der Waals surface area (Å²) in [4.78, 5) is 8.43. The Kier molecular flexibility index (Phi) is 8.75. The van der Waals surface area contributed by atoms with Crippen molar-refractivity contribution in [1.29, 1.82) is 0 Å². The molecule has 0 fully saturated rings. The van der Waals surface area contributed by atoms with E-state index in [0.717, 1.165) is 15.6 Å². The molecule has 148 valence electrons. The van der Waals surface area contributed by atoms with E-state index in [1.807, 2.05) is 29.1 Å². The molecule has 5 N–H and O–H groups in total. The third kappa shape index (κ3) is 6.35. The fourth-order valence-electron chi connectivity index (χ4n) is 2.54. The molecule has 0 bridgehead atoms. The van der Waals surface area contributed by atoms with Gasteiger partial charge in [-0.15, -0.1) is 22.7 Å². The Morgan fingerprint density at radius 2 is 1.10 bits per heavy atom. The minimum atomic E-state index is -1.40. The highest BCUT2D eigenvalue weighted by Crippen LogP contribution is 2.21. The van der Waals surface area contributed by atoms with Crippen LogP contribution in [0.1, 0.15) is 0 Å². The lowest BCUT2D eigenvalue weighted by Crippen LogP contribution is -2.29. The molecular formula is C20H23B2N2O3S2+. The summed E-state index contributed by atoms with van der Waals surface area (Å²) in [5.74, 6) is 0. The molecular weight excluding hydrogens is 402 g/mol. The first-order valence-corrected chi connectivity index (χ1v) is 10.7.